The van der Waals surface area contributed by atoms with Crippen LogP contribution in [0.25, 0.3) is 0 Å². The number of nitrogens with one attached hydrogen (secondary N) is 1. The van der Waals surface area contributed by atoms with Gasteiger partial charge in [0.25, 0.3) is 10.0 Å². The summed E-state index contributed by atoms with van der Waals surface area (Å²) in [5.74, 6) is -0.422. The molecule has 0 heterocycles. The van der Waals surface area contributed by atoms with E-state index in [1.165, 1.54) is 12.1 Å². The first-order chi connectivity index (χ1) is 13.8. The van der Waals surface area contributed by atoms with Crippen LogP contribution in [0.4, 0.5) is 11.4 Å². The lowest BCUT2D eigenvalue weighted by molar-refractivity contribution is -0.114. The number of carbonyl (C=O) groups is 1. The molecule has 0 aliphatic heterocycles. The summed E-state index contributed by atoms with van der Waals surface area (Å²) in [5.41, 5.74) is 3.07. The van der Waals surface area contributed by atoms with Crippen LogP contribution in [0.2, 0.25) is 0 Å². The van der Waals surface area contributed by atoms with Gasteiger partial charge >= 0.3 is 0 Å². The Hall–Kier alpha value is -2.64. The van der Waals surface area contributed by atoms with Gasteiger partial charge in [0.1, 0.15) is 6.54 Å². The van der Waals surface area contributed by atoms with Crippen LogP contribution >= 0.6 is 15.9 Å². The van der Waals surface area contributed by atoms with Gasteiger partial charge in [-0.3, -0.25) is 9.10 Å². The standard InChI is InChI=1S/C22H21BrN2O3S/c1-16-11-17(2)13-19(12-16)24-22(26)15-25(20-8-6-7-18(23)14-20)29(27,28)21-9-4-3-5-10-21/h3-14H,15H2,1-2H3,(H,24,26). The van der Waals surface area contributed by atoms with Crippen molar-refractivity contribution in [1.82, 2.24) is 0 Å². The van der Waals surface area contributed by atoms with Crippen LogP contribution in [-0.4, -0.2) is 20.9 Å². The van der Waals surface area contributed by atoms with E-state index in [0.29, 0.717) is 11.4 Å². The second kappa shape index (κ2) is 8.80. The SMILES string of the molecule is Cc1cc(C)cc(NC(=O)CN(c2cccc(Br)c2)S(=O)(=O)c2ccccc2)c1. The van der Waals surface area contributed by atoms with Crippen LogP contribution in [0, 0.1) is 13.8 Å². The molecule has 1 N–H and O–H groups in total. The summed E-state index contributed by atoms with van der Waals surface area (Å²) in [6.07, 6.45) is 0. The Bertz CT molecular complexity index is 1110. The highest BCUT2D eigenvalue weighted by atomic mass is 79.9. The number of anilines is 2. The zero-order valence-corrected chi connectivity index (χ0v) is 18.5. The lowest BCUT2D eigenvalue weighted by atomic mass is 10.1. The van der Waals surface area contributed by atoms with Crippen molar-refractivity contribution in [2.24, 2.45) is 0 Å². The maximum absolute atomic E-state index is 13.3. The van der Waals surface area contributed by atoms with Crippen molar-refractivity contribution < 1.29 is 13.2 Å². The number of sulfonamides is 1. The number of amides is 1. The monoisotopic (exact) mass is 472 g/mol. The second-order valence-electron chi connectivity index (χ2n) is 6.73. The van der Waals surface area contributed by atoms with E-state index in [-0.39, 0.29) is 11.4 Å². The van der Waals surface area contributed by atoms with Crippen LogP contribution in [0.3, 0.4) is 0 Å². The Morgan fingerprint density at radius 3 is 2.21 bits per heavy atom. The molecule has 150 valence electrons. The summed E-state index contributed by atoms with van der Waals surface area (Å²) in [4.78, 5) is 12.9. The van der Waals surface area contributed by atoms with Crippen LogP contribution < -0.4 is 9.62 Å². The minimum atomic E-state index is -3.92. The van der Waals surface area contributed by atoms with Gasteiger partial charge in [0.2, 0.25) is 5.91 Å². The van der Waals surface area contributed by atoms with E-state index in [0.717, 1.165) is 19.9 Å². The predicted molar refractivity (Wildman–Crippen MR) is 120 cm³/mol. The highest BCUT2D eigenvalue weighted by Gasteiger charge is 2.27. The maximum atomic E-state index is 13.3. The van der Waals surface area contributed by atoms with Gasteiger partial charge in [0.15, 0.2) is 0 Å². The molecule has 29 heavy (non-hydrogen) atoms. The molecule has 0 atom stereocenters. The Morgan fingerprint density at radius 2 is 1.59 bits per heavy atom. The van der Waals surface area contributed by atoms with E-state index in [1.54, 1.807) is 42.5 Å². The molecule has 3 aromatic rings. The van der Waals surface area contributed by atoms with Crippen molar-refractivity contribution in [3.63, 3.8) is 0 Å². The van der Waals surface area contributed by atoms with E-state index in [2.05, 4.69) is 21.2 Å². The van der Waals surface area contributed by atoms with Gasteiger partial charge in [-0.2, -0.15) is 0 Å². The average Bonchev–Trinajstić information content (AvgIpc) is 2.66. The minimum Gasteiger partial charge on any atom is -0.324 e. The van der Waals surface area contributed by atoms with Gasteiger partial charge in [0, 0.05) is 10.2 Å². The highest BCUT2D eigenvalue weighted by Crippen LogP contribution is 2.26. The molecular formula is C22H21BrN2O3S. The molecule has 0 aliphatic carbocycles. The fraction of sp³-hybridized carbons (Fsp3) is 0.136. The Morgan fingerprint density at radius 1 is 0.931 bits per heavy atom. The van der Waals surface area contributed by atoms with E-state index in [1.807, 2.05) is 32.0 Å². The van der Waals surface area contributed by atoms with Crippen molar-refractivity contribution in [2.75, 3.05) is 16.2 Å². The molecule has 1 amide bonds. The summed E-state index contributed by atoms with van der Waals surface area (Å²) in [6, 6.07) is 20.6. The van der Waals surface area contributed by atoms with Gasteiger partial charge in [-0.15, -0.1) is 0 Å². The number of carbonyl (C=O) groups excluding carboxylic acids is 1. The summed E-state index contributed by atoms with van der Waals surface area (Å²) in [5, 5.41) is 2.81. The smallest absolute Gasteiger partial charge is 0.264 e. The van der Waals surface area contributed by atoms with Gasteiger partial charge in [-0.05, 0) is 67.4 Å². The molecule has 0 bridgehead atoms. The number of hydrogen-bond donors (Lipinski definition) is 1. The number of aryl methyl sites for hydroxylation is 2. The second-order valence-corrected chi connectivity index (χ2v) is 9.51. The Kier molecular flexibility index (Phi) is 6.39. The molecule has 5 nitrogen and oxygen atoms in total. The first kappa shape index (κ1) is 21.1. The lowest BCUT2D eigenvalue weighted by Gasteiger charge is -2.24. The van der Waals surface area contributed by atoms with E-state index >= 15 is 0 Å². The predicted octanol–water partition coefficient (Wildman–Crippen LogP) is 4.90. The molecule has 0 aliphatic rings. The molecule has 0 fully saturated rings. The number of rotatable bonds is 6. The third-order valence-corrected chi connectivity index (χ3v) is 6.50. The third-order valence-electron chi connectivity index (χ3n) is 4.22. The number of halogens is 1. The fourth-order valence-corrected chi connectivity index (χ4v) is 4.86. The molecule has 3 rings (SSSR count). The largest absolute Gasteiger partial charge is 0.324 e. The van der Waals surface area contributed by atoms with Gasteiger partial charge in [-0.25, -0.2) is 8.42 Å². The van der Waals surface area contributed by atoms with E-state index in [4.69, 9.17) is 0 Å². The third kappa shape index (κ3) is 5.25. The first-order valence-corrected chi connectivity index (χ1v) is 11.2. The van der Waals surface area contributed by atoms with Crippen molar-refractivity contribution in [3.05, 3.63) is 88.4 Å². The molecule has 0 radical (unpaired) electrons. The normalized spacial score (nSPS) is 11.1. The summed E-state index contributed by atoms with van der Waals surface area (Å²) >= 11 is 3.37. The number of nitrogens with zero attached hydrogens (tertiary/aromatic N) is 1. The maximum Gasteiger partial charge on any atom is 0.264 e. The quantitative estimate of drug-likeness (QED) is 0.554. The van der Waals surface area contributed by atoms with E-state index < -0.39 is 15.9 Å². The number of hydrogen-bond acceptors (Lipinski definition) is 3. The van der Waals surface area contributed by atoms with Gasteiger partial charge in [0.05, 0.1) is 10.6 Å². The molecule has 0 unspecified atom stereocenters. The van der Waals surface area contributed by atoms with Crippen LogP contribution in [-0.2, 0) is 14.8 Å². The molecule has 0 saturated heterocycles. The average molecular weight is 473 g/mol. The fourth-order valence-electron chi connectivity index (χ4n) is 3.04. The van der Waals surface area contributed by atoms with E-state index in [9.17, 15) is 13.2 Å². The summed E-state index contributed by atoms with van der Waals surface area (Å²) in [7, 11) is -3.92. The van der Waals surface area contributed by atoms with Crippen molar-refractivity contribution >= 4 is 43.2 Å². The van der Waals surface area contributed by atoms with Crippen LogP contribution in [0.1, 0.15) is 11.1 Å². The zero-order valence-electron chi connectivity index (χ0n) is 16.1. The Balaban J connectivity index is 1.94. The zero-order chi connectivity index (χ0) is 21.0. The van der Waals surface area contributed by atoms with Crippen LogP contribution in [0.15, 0.2) is 82.2 Å². The molecule has 0 spiro atoms. The molecule has 7 heteroatoms. The molecule has 0 aromatic heterocycles. The Labute approximate surface area is 179 Å². The lowest BCUT2D eigenvalue weighted by Crippen LogP contribution is -2.38. The first-order valence-electron chi connectivity index (χ1n) is 8.97. The topological polar surface area (TPSA) is 66.5 Å². The molecule has 0 saturated carbocycles. The highest BCUT2D eigenvalue weighted by molar-refractivity contribution is 9.10. The molecule has 3 aromatic carbocycles. The summed E-state index contributed by atoms with van der Waals surface area (Å²) in [6.45, 7) is 3.54. The van der Waals surface area contributed by atoms with Crippen molar-refractivity contribution in [3.8, 4) is 0 Å². The van der Waals surface area contributed by atoms with Crippen molar-refractivity contribution in [1.29, 1.82) is 0 Å². The number of benzene rings is 3. The van der Waals surface area contributed by atoms with Crippen LogP contribution in [0.5, 0.6) is 0 Å². The minimum absolute atomic E-state index is 0.124. The molecular weight excluding hydrogens is 452 g/mol. The van der Waals surface area contributed by atoms with Gasteiger partial charge < -0.3 is 5.32 Å². The summed E-state index contributed by atoms with van der Waals surface area (Å²) < 4.78 is 28.4. The van der Waals surface area contributed by atoms with Gasteiger partial charge in [-0.1, -0.05) is 46.3 Å². The van der Waals surface area contributed by atoms with Crippen molar-refractivity contribution in [2.45, 2.75) is 18.7 Å².